The maximum Gasteiger partial charge on any atom is 0.225 e. The molecule has 0 unspecified atom stereocenters. The summed E-state index contributed by atoms with van der Waals surface area (Å²) in [4.78, 5) is 29.7. The second-order valence-electron chi connectivity index (χ2n) is 7.39. The van der Waals surface area contributed by atoms with Crippen LogP contribution in [0, 0.1) is 5.92 Å². The Bertz CT molecular complexity index is 598. The highest BCUT2D eigenvalue weighted by atomic mass is 16.2. The van der Waals surface area contributed by atoms with Gasteiger partial charge in [0.15, 0.2) is 5.96 Å². The highest BCUT2D eigenvalue weighted by Crippen LogP contribution is 2.10. The molecule has 0 aliphatic carbocycles. The summed E-state index contributed by atoms with van der Waals surface area (Å²) in [5.74, 6) is 2.42. The van der Waals surface area contributed by atoms with Gasteiger partial charge in [-0.05, 0) is 31.7 Å². The van der Waals surface area contributed by atoms with Crippen LogP contribution in [-0.2, 0) is 4.79 Å². The zero-order chi connectivity index (χ0) is 20.2. The van der Waals surface area contributed by atoms with E-state index in [1.165, 1.54) is 6.42 Å². The lowest BCUT2D eigenvalue weighted by atomic mass is 10.1. The van der Waals surface area contributed by atoms with Gasteiger partial charge in [-0.2, -0.15) is 0 Å². The van der Waals surface area contributed by atoms with Crippen molar-refractivity contribution in [1.29, 1.82) is 0 Å². The highest BCUT2D eigenvalue weighted by molar-refractivity contribution is 5.81. The molecule has 28 heavy (non-hydrogen) atoms. The summed E-state index contributed by atoms with van der Waals surface area (Å²) in [7, 11) is 0. The van der Waals surface area contributed by atoms with Gasteiger partial charge in [-0.25, -0.2) is 9.97 Å². The Morgan fingerprint density at radius 2 is 1.89 bits per heavy atom. The van der Waals surface area contributed by atoms with E-state index >= 15 is 0 Å². The van der Waals surface area contributed by atoms with E-state index in [4.69, 9.17) is 0 Å². The van der Waals surface area contributed by atoms with Gasteiger partial charge in [0.2, 0.25) is 11.9 Å². The molecule has 2 rings (SSSR count). The number of carbonyl (C=O) groups excluding carboxylic acids is 1. The van der Waals surface area contributed by atoms with Crippen LogP contribution in [-0.4, -0.2) is 72.5 Å². The molecule has 1 aliphatic heterocycles. The smallest absolute Gasteiger partial charge is 0.225 e. The van der Waals surface area contributed by atoms with Crippen LogP contribution >= 0.6 is 0 Å². The summed E-state index contributed by atoms with van der Waals surface area (Å²) >= 11 is 0. The highest BCUT2D eigenvalue weighted by Gasteiger charge is 2.22. The first kappa shape index (κ1) is 21.9. The van der Waals surface area contributed by atoms with Crippen LogP contribution in [0.3, 0.4) is 0 Å². The number of nitrogens with zero attached hydrogens (tertiary/aromatic N) is 5. The summed E-state index contributed by atoms with van der Waals surface area (Å²) in [5.41, 5.74) is 0. The van der Waals surface area contributed by atoms with Crippen molar-refractivity contribution >= 4 is 17.8 Å². The second kappa shape index (κ2) is 12.2. The van der Waals surface area contributed by atoms with E-state index in [0.717, 1.165) is 44.5 Å². The van der Waals surface area contributed by atoms with E-state index in [1.807, 2.05) is 17.9 Å². The number of guanidine groups is 1. The Balaban J connectivity index is 1.69. The lowest BCUT2D eigenvalue weighted by Crippen LogP contribution is -2.50. The van der Waals surface area contributed by atoms with Crippen LogP contribution in [0.25, 0.3) is 0 Å². The van der Waals surface area contributed by atoms with Crippen molar-refractivity contribution in [1.82, 2.24) is 25.5 Å². The number of aromatic nitrogens is 2. The van der Waals surface area contributed by atoms with Crippen LogP contribution in [0.2, 0.25) is 0 Å². The normalized spacial score (nSPS) is 15.1. The minimum absolute atomic E-state index is 0.178. The summed E-state index contributed by atoms with van der Waals surface area (Å²) in [6, 6.07) is 1.81. The van der Waals surface area contributed by atoms with E-state index in [2.05, 4.69) is 44.3 Å². The molecular weight excluding hydrogens is 354 g/mol. The van der Waals surface area contributed by atoms with Gasteiger partial charge in [0, 0.05) is 64.6 Å². The molecule has 1 aromatic rings. The first-order valence-electron chi connectivity index (χ1n) is 10.4. The van der Waals surface area contributed by atoms with Crippen molar-refractivity contribution in [3.05, 3.63) is 18.5 Å². The van der Waals surface area contributed by atoms with Crippen molar-refractivity contribution in [3.63, 3.8) is 0 Å². The van der Waals surface area contributed by atoms with E-state index in [9.17, 15) is 4.79 Å². The lowest BCUT2D eigenvalue weighted by Gasteiger charge is -2.34. The summed E-state index contributed by atoms with van der Waals surface area (Å²) < 4.78 is 0. The second-order valence-corrected chi connectivity index (χ2v) is 7.39. The molecule has 1 aliphatic rings. The van der Waals surface area contributed by atoms with Crippen molar-refractivity contribution in [2.45, 2.75) is 40.0 Å². The van der Waals surface area contributed by atoms with Gasteiger partial charge in [0.1, 0.15) is 0 Å². The Hall–Kier alpha value is -2.38. The maximum absolute atomic E-state index is 12.5. The number of piperazine rings is 1. The Labute approximate surface area is 168 Å². The van der Waals surface area contributed by atoms with Crippen LogP contribution in [0.5, 0.6) is 0 Å². The standard InChI is InChI=1S/C20H35N7O/c1-4-21-19(22-9-5-7-17(2)3)23-12-8-18(28)26-13-15-27(16-14-26)20-24-10-6-11-25-20/h6,10-11,17H,4-5,7-9,12-16H2,1-3H3,(H2,21,22,23). The fourth-order valence-corrected chi connectivity index (χ4v) is 3.09. The third-order valence-electron chi connectivity index (χ3n) is 4.65. The predicted molar refractivity (Wildman–Crippen MR) is 113 cm³/mol. The number of aliphatic imine (C=N–C) groups is 1. The monoisotopic (exact) mass is 389 g/mol. The number of hydrogen-bond donors (Lipinski definition) is 2. The van der Waals surface area contributed by atoms with Gasteiger partial charge in [-0.3, -0.25) is 9.79 Å². The maximum atomic E-state index is 12.5. The van der Waals surface area contributed by atoms with Crippen LogP contribution in [0.1, 0.15) is 40.0 Å². The van der Waals surface area contributed by atoms with Gasteiger partial charge in [-0.15, -0.1) is 0 Å². The number of rotatable bonds is 9. The molecule has 8 heteroatoms. The number of carbonyl (C=O) groups is 1. The van der Waals surface area contributed by atoms with Crippen molar-refractivity contribution < 1.29 is 4.79 Å². The molecule has 0 atom stereocenters. The molecule has 156 valence electrons. The van der Waals surface area contributed by atoms with Crippen LogP contribution in [0.15, 0.2) is 23.5 Å². The van der Waals surface area contributed by atoms with E-state index in [0.29, 0.717) is 32.0 Å². The molecule has 0 saturated carbocycles. The molecule has 1 aromatic heterocycles. The Kier molecular flexibility index (Phi) is 9.51. The zero-order valence-electron chi connectivity index (χ0n) is 17.5. The molecule has 2 heterocycles. The third-order valence-corrected chi connectivity index (χ3v) is 4.65. The molecule has 0 bridgehead atoms. The summed E-state index contributed by atoms with van der Waals surface area (Å²) in [5, 5.41) is 6.52. The average molecular weight is 390 g/mol. The van der Waals surface area contributed by atoms with Gasteiger partial charge < -0.3 is 20.4 Å². The molecule has 8 nitrogen and oxygen atoms in total. The van der Waals surface area contributed by atoms with Gasteiger partial charge in [0.25, 0.3) is 0 Å². The molecule has 2 N–H and O–H groups in total. The minimum Gasteiger partial charge on any atom is -0.357 e. The summed E-state index contributed by atoms with van der Waals surface area (Å²) in [6.45, 7) is 11.7. The van der Waals surface area contributed by atoms with Crippen LogP contribution < -0.4 is 15.5 Å². The number of nitrogens with one attached hydrogen (secondary N) is 2. The van der Waals surface area contributed by atoms with E-state index in [-0.39, 0.29) is 5.91 Å². The van der Waals surface area contributed by atoms with Crippen molar-refractivity contribution in [2.24, 2.45) is 10.9 Å². The number of anilines is 1. The molecule has 0 spiro atoms. The van der Waals surface area contributed by atoms with Gasteiger partial charge in [-0.1, -0.05) is 13.8 Å². The van der Waals surface area contributed by atoms with E-state index < -0.39 is 0 Å². The molecule has 1 saturated heterocycles. The van der Waals surface area contributed by atoms with Gasteiger partial charge in [0.05, 0.1) is 0 Å². The third kappa shape index (κ3) is 7.70. The molecule has 1 amide bonds. The first-order chi connectivity index (χ1) is 13.6. The van der Waals surface area contributed by atoms with Crippen molar-refractivity contribution in [3.8, 4) is 0 Å². The van der Waals surface area contributed by atoms with Gasteiger partial charge >= 0.3 is 0 Å². The fourth-order valence-electron chi connectivity index (χ4n) is 3.09. The Morgan fingerprint density at radius 1 is 1.18 bits per heavy atom. The summed E-state index contributed by atoms with van der Waals surface area (Å²) in [6.07, 6.45) is 6.23. The fraction of sp³-hybridized carbons (Fsp3) is 0.700. The SMILES string of the molecule is CCNC(=NCCCC(C)C)NCCC(=O)N1CCN(c2ncccn2)CC1. The predicted octanol–water partition coefficient (Wildman–Crippen LogP) is 1.51. The quantitative estimate of drug-likeness (QED) is 0.378. The van der Waals surface area contributed by atoms with Crippen molar-refractivity contribution in [2.75, 3.05) is 50.7 Å². The molecule has 1 fully saturated rings. The Morgan fingerprint density at radius 3 is 2.54 bits per heavy atom. The average Bonchev–Trinajstić information content (AvgIpc) is 2.71. The number of hydrogen-bond acceptors (Lipinski definition) is 5. The first-order valence-corrected chi connectivity index (χ1v) is 10.4. The minimum atomic E-state index is 0.178. The van der Waals surface area contributed by atoms with E-state index in [1.54, 1.807) is 12.4 Å². The lowest BCUT2D eigenvalue weighted by molar-refractivity contribution is -0.131. The molecular formula is C20H35N7O. The topological polar surface area (TPSA) is 85.8 Å². The zero-order valence-corrected chi connectivity index (χ0v) is 17.5. The molecule has 0 radical (unpaired) electrons. The number of amides is 1. The largest absolute Gasteiger partial charge is 0.357 e. The van der Waals surface area contributed by atoms with Crippen LogP contribution in [0.4, 0.5) is 5.95 Å². The molecule has 0 aromatic carbocycles.